The SMILES string of the molecule is CC1CC=C(C2CC2)C(C=CC(O)CC(=O)OC(c2ccccc2)C(O)(c2ccccc2)c2ccccc2)=C(c2ccc(F)cc2)c2ccccc21. The summed E-state index contributed by atoms with van der Waals surface area (Å²) < 4.78 is 20.4. The number of rotatable bonds is 11. The number of carbonyl (C=O) groups excluding carboxylic acids is 1. The molecule has 0 bridgehead atoms. The molecule has 7 rings (SSSR count). The minimum atomic E-state index is -1.72. The van der Waals surface area contributed by atoms with Crippen molar-refractivity contribution in [3.63, 3.8) is 0 Å². The van der Waals surface area contributed by atoms with Crippen molar-refractivity contribution in [3.05, 3.63) is 208 Å². The molecule has 0 saturated heterocycles. The zero-order valence-electron chi connectivity index (χ0n) is 29.2. The Labute approximate surface area is 305 Å². The number of ether oxygens (including phenoxy) is 1. The van der Waals surface area contributed by atoms with Crippen LogP contribution in [0.4, 0.5) is 4.39 Å². The fourth-order valence-corrected chi connectivity index (χ4v) is 7.37. The molecule has 1 saturated carbocycles. The monoisotopic (exact) mass is 690 g/mol. The van der Waals surface area contributed by atoms with Gasteiger partial charge in [-0.2, -0.15) is 0 Å². The highest BCUT2D eigenvalue weighted by Gasteiger charge is 2.44. The maximum Gasteiger partial charge on any atom is 0.309 e. The Morgan fingerprint density at radius 1 is 0.827 bits per heavy atom. The van der Waals surface area contributed by atoms with Crippen LogP contribution in [-0.4, -0.2) is 22.3 Å². The number of halogens is 1. The quantitative estimate of drug-likeness (QED) is 0.135. The molecule has 52 heavy (non-hydrogen) atoms. The van der Waals surface area contributed by atoms with E-state index in [1.807, 2.05) is 115 Å². The average molecular weight is 691 g/mol. The van der Waals surface area contributed by atoms with Crippen molar-refractivity contribution < 1.29 is 24.1 Å². The molecular formula is C47H43FO4. The van der Waals surface area contributed by atoms with Gasteiger partial charge in [0.2, 0.25) is 0 Å². The molecular weight excluding hydrogens is 648 g/mol. The number of fused-ring (bicyclic) bond motifs is 1. The van der Waals surface area contributed by atoms with Crippen LogP contribution in [0.25, 0.3) is 5.57 Å². The predicted molar refractivity (Wildman–Crippen MR) is 204 cm³/mol. The van der Waals surface area contributed by atoms with E-state index in [0.29, 0.717) is 22.6 Å². The van der Waals surface area contributed by atoms with Crippen molar-refractivity contribution in [1.29, 1.82) is 0 Å². The summed E-state index contributed by atoms with van der Waals surface area (Å²) in [6.07, 6.45) is 6.33. The third-order valence-electron chi connectivity index (χ3n) is 10.2. The Bertz CT molecular complexity index is 2040. The summed E-state index contributed by atoms with van der Waals surface area (Å²) in [6.45, 7) is 2.23. The first kappa shape index (κ1) is 35.1. The van der Waals surface area contributed by atoms with Gasteiger partial charge < -0.3 is 14.9 Å². The smallest absolute Gasteiger partial charge is 0.309 e. The van der Waals surface area contributed by atoms with Gasteiger partial charge in [-0.15, -0.1) is 0 Å². The number of benzene rings is 5. The van der Waals surface area contributed by atoms with E-state index in [1.54, 1.807) is 6.08 Å². The lowest BCUT2D eigenvalue weighted by atomic mass is 9.79. The van der Waals surface area contributed by atoms with E-state index in [-0.39, 0.29) is 18.2 Å². The van der Waals surface area contributed by atoms with Crippen molar-refractivity contribution in [1.82, 2.24) is 0 Å². The number of aliphatic hydroxyl groups excluding tert-OH is 1. The van der Waals surface area contributed by atoms with E-state index in [0.717, 1.165) is 41.5 Å². The molecule has 2 aliphatic rings. The van der Waals surface area contributed by atoms with E-state index in [9.17, 15) is 19.4 Å². The second-order valence-corrected chi connectivity index (χ2v) is 13.9. The van der Waals surface area contributed by atoms with Crippen molar-refractivity contribution in [2.75, 3.05) is 0 Å². The molecule has 0 amide bonds. The second-order valence-electron chi connectivity index (χ2n) is 13.9. The van der Waals surface area contributed by atoms with Crippen LogP contribution in [0.2, 0.25) is 0 Å². The number of carbonyl (C=O) groups is 1. The highest BCUT2D eigenvalue weighted by Crippen LogP contribution is 2.47. The van der Waals surface area contributed by atoms with Gasteiger partial charge in [0.25, 0.3) is 0 Å². The van der Waals surface area contributed by atoms with Crippen molar-refractivity contribution in [3.8, 4) is 0 Å². The fraction of sp³-hybridized carbons (Fsp3) is 0.213. The molecule has 0 heterocycles. The van der Waals surface area contributed by atoms with Gasteiger partial charge in [0.15, 0.2) is 11.7 Å². The standard InChI is InChI=1S/C47H43FO4/c1-32-21-29-41(33-22-23-33)43(45(34-24-26-38(48)27-25-34)42-20-12-11-19-40(32)42)30-28-39(49)31-44(50)52-46(35-13-5-2-6-14-35)47(51,36-15-7-3-8-16-36)37-17-9-4-10-18-37/h2-20,24-30,32-33,39,46,49,51H,21-23,31H2,1H3. The molecule has 4 nitrogen and oxygen atoms in total. The first-order valence-corrected chi connectivity index (χ1v) is 18.1. The highest BCUT2D eigenvalue weighted by molar-refractivity contribution is 5.88. The molecule has 0 aromatic heterocycles. The minimum absolute atomic E-state index is 0.286. The van der Waals surface area contributed by atoms with Gasteiger partial charge in [0.1, 0.15) is 5.82 Å². The molecule has 0 spiro atoms. The van der Waals surface area contributed by atoms with E-state index < -0.39 is 23.8 Å². The summed E-state index contributed by atoms with van der Waals surface area (Å²) in [5, 5.41) is 24.0. The van der Waals surface area contributed by atoms with E-state index >= 15 is 0 Å². The van der Waals surface area contributed by atoms with Gasteiger partial charge in [-0.05, 0) is 93.3 Å². The molecule has 3 unspecified atom stereocenters. The largest absolute Gasteiger partial charge is 0.454 e. The summed E-state index contributed by atoms with van der Waals surface area (Å²) in [5.74, 6) is -0.274. The zero-order valence-corrected chi connectivity index (χ0v) is 29.2. The van der Waals surface area contributed by atoms with Gasteiger partial charge in [0.05, 0.1) is 12.5 Å². The van der Waals surface area contributed by atoms with Gasteiger partial charge in [-0.1, -0.05) is 153 Å². The van der Waals surface area contributed by atoms with Crippen molar-refractivity contribution in [2.24, 2.45) is 5.92 Å². The fourth-order valence-electron chi connectivity index (χ4n) is 7.37. The van der Waals surface area contributed by atoms with Crippen LogP contribution in [0.5, 0.6) is 0 Å². The molecule has 2 N–H and O–H groups in total. The minimum Gasteiger partial charge on any atom is -0.454 e. The maximum absolute atomic E-state index is 14.2. The Morgan fingerprint density at radius 3 is 2.02 bits per heavy atom. The second kappa shape index (κ2) is 15.5. The molecule has 5 heteroatoms. The lowest BCUT2D eigenvalue weighted by molar-refractivity contribution is -0.165. The Morgan fingerprint density at radius 2 is 1.40 bits per heavy atom. The number of aliphatic hydroxyl groups is 2. The average Bonchev–Trinajstić information content (AvgIpc) is 4.02. The number of esters is 1. The van der Waals surface area contributed by atoms with Crippen molar-refractivity contribution in [2.45, 2.75) is 56.3 Å². The van der Waals surface area contributed by atoms with Gasteiger partial charge in [-0.25, -0.2) is 4.39 Å². The predicted octanol–water partition coefficient (Wildman–Crippen LogP) is 10.00. The number of hydrogen-bond acceptors (Lipinski definition) is 4. The topological polar surface area (TPSA) is 66.8 Å². The zero-order chi connectivity index (χ0) is 36.1. The van der Waals surface area contributed by atoms with Crippen molar-refractivity contribution >= 4 is 11.5 Å². The van der Waals surface area contributed by atoms with Crippen LogP contribution in [0, 0.1) is 11.7 Å². The summed E-state index contributed by atoms with van der Waals surface area (Å²) in [5.41, 5.74) is 6.36. The van der Waals surface area contributed by atoms with Gasteiger partial charge in [-0.3, -0.25) is 4.79 Å². The Kier molecular flexibility index (Phi) is 10.4. The molecule has 262 valence electrons. The highest BCUT2D eigenvalue weighted by atomic mass is 19.1. The lowest BCUT2D eigenvalue weighted by Crippen LogP contribution is -2.38. The molecule has 5 aromatic rings. The first-order chi connectivity index (χ1) is 25.3. The molecule has 2 aliphatic carbocycles. The number of hydrogen-bond donors (Lipinski definition) is 2. The Balaban J connectivity index is 1.24. The molecule has 0 radical (unpaired) electrons. The van der Waals surface area contributed by atoms with Crippen LogP contribution >= 0.6 is 0 Å². The summed E-state index contributed by atoms with van der Waals surface area (Å²) in [6, 6.07) is 42.5. The molecule has 5 aromatic carbocycles. The first-order valence-electron chi connectivity index (χ1n) is 18.1. The number of allylic oxidation sites excluding steroid dienone is 4. The third kappa shape index (κ3) is 7.48. The van der Waals surface area contributed by atoms with Gasteiger partial charge in [0, 0.05) is 0 Å². The van der Waals surface area contributed by atoms with E-state index in [1.165, 1.54) is 23.3 Å². The van der Waals surface area contributed by atoms with Crippen LogP contribution in [0.15, 0.2) is 169 Å². The summed E-state index contributed by atoms with van der Waals surface area (Å²) in [4.78, 5) is 13.8. The maximum atomic E-state index is 14.2. The lowest BCUT2D eigenvalue weighted by Gasteiger charge is -2.37. The Hall–Kier alpha value is -5.36. The third-order valence-corrected chi connectivity index (χ3v) is 10.2. The summed E-state index contributed by atoms with van der Waals surface area (Å²) in [7, 11) is 0. The van der Waals surface area contributed by atoms with Crippen LogP contribution in [0.1, 0.15) is 78.0 Å². The molecule has 1 fully saturated rings. The molecule has 3 atom stereocenters. The van der Waals surface area contributed by atoms with Gasteiger partial charge >= 0.3 is 5.97 Å². The van der Waals surface area contributed by atoms with Crippen LogP contribution < -0.4 is 0 Å². The molecule has 0 aliphatic heterocycles. The van der Waals surface area contributed by atoms with E-state index in [2.05, 4.69) is 31.2 Å². The van der Waals surface area contributed by atoms with E-state index in [4.69, 9.17) is 4.74 Å². The summed E-state index contributed by atoms with van der Waals surface area (Å²) >= 11 is 0. The normalized spacial score (nSPS) is 17.5. The van der Waals surface area contributed by atoms with Crippen LogP contribution in [-0.2, 0) is 15.1 Å². The van der Waals surface area contributed by atoms with Crippen LogP contribution in [0.3, 0.4) is 0 Å².